The summed E-state index contributed by atoms with van der Waals surface area (Å²) in [5.74, 6) is -0.748. The fourth-order valence-electron chi connectivity index (χ4n) is 4.16. The first-order valence-corrected chi connectivity index (χ1v) is 11.2. The number of nitrogens with two attached hydrogens (primary N) is 1. The van der Waals surface area contributed by atoms with Crippen LogP contribution in [0.25, 0.3) is 0 Å². The van der Waals surface area contributed by atoms with Crippen molar-refractivity contribution in [2.24, 2.45) is 5.73 Å². The van der Waals surface area contributed by atoms with E-state index in [1.807, 2.05) is 12.1 Å². The van der Waals surface area contributed by atoms with Gasteiger partial charge in [-0.05, 0) is 42.9 Å². The van der Waals surface area contributed by atoms with E-state index in [-0.39, 0.29) is 24.1 Å². The second-order valence-electron chi connectivity index (χ2n) is 8.02. The number of aryl methyl sites for hydroxylation is 1. The molecule has 1 saturated heterocycles. The van der Waals surface area contributed by atoms with Crippen LogP contribution in [0.15, 0.2) is 18.2 Å². The second kappa shape index (κ2) is 11.9. The number of carbonyl (C=O) groups is 3. The predicted octanol–water partition coefficient (Wildman–Crippen LogP) is 1.54. The molecule has 3 rings (SSSR count). The van der Waals surface area contributed by atoms with E-state index in [1.165, 1.54) is 5.56 Å². The van der Waals surface area contributed by atoms with E-state index in [0.29, 0.717) is 44.9 Å². The zero-order chi connectivity index (χ0) is 22.1. The zero-order valence-electron chi connectivity index (χ0n) is 18.1. The van der Waals surface area contributed by atoms with Gasteiger partial charge in [0.15, 0.2) is 0 Å². The first-order chi connectivity index (χ1) is 15.1. The lowest BCUT2D eigenvalue weighted by Gasteiger charge is -2.29. The number of unbranched alkanes of at least 4 members (excludes halogenated alkanes) is 3. The van der Waals surface area contributed by atoms with Crippen molar-refractivity contribution in [3.8, 4) is 0 Å². The Labute approximate surface area is 183 Å². The lowest BCUT2D eigenvalue weighted by atomic mass is 9.98. The quantitative estimate of drug-likeness (QED) is 0.362. The standard InChI is InChI=1S/C23H33N3O5/c24-11-13-31-15-14-30-12-4-2-1-3-6-17-7-5-8-18-19(17)16-26(23(18)29)20-9-10-21(27)25-22(20)28/h5,7-8,20H,1-4,6,9-16,24H2,(H,25,27,28). The van der Waals surface area contributed by atoms with Gasteiger partial charge in [0, 0.05) is 31.7 Å². The van der Waals surface area contributed by atoms with Crippen molar-refractivity contribution in [3.05, 3.63) is 34.9 Å². The minimum Gasteiger partial charge on any atom is -0.379 e. The molecule has 0 radical (unpaired) electrons. The molecule has 8 nitrogen and oxygen atoms in total. The van der Waals surface area contributed by atoms with Gasteiger partial charge in [0.25, 0.3) is 5.91 Å². The lowest BCUT2D eigenvalue weighted by molar-refractivity contribution is -0.136. The number of fused-ring (bicyclic) bond motifs is 1. The Hall–Kier alpha value is -2.29. The Bertz CT molecular complexity index is 782. The molecule has 1 aromatic rings. The van der Waals surface area contributed by atoms with Crippen LogP contribution in [0.4, 0.5) is 0 Å². The maximum absolute atomic E-state index is 12.9. The maximum Gasteiger partial charge on any atom is 0.255 e. The van der Waals surface area contributed by atoms with Gasteiger partial charge in [-0.1, -0.05) is 25.0 Å². The number of hydrogen-bond donors (Lipinski definition) is 2. The van der Waals surface area contributed by atoms with Crippen molar-refractivity contribution in [3.63, 3.8) is 0 Å². The number of amides is 3. The van der Waals surface area contributed by atoms with Gasteiger partial charge in [-0.3, -0.25) is 19.7 Å². The van der Waals surface area contributed by atoms with E-state index in [0.717, 1.165) is 44.3 Å². The molecule has 1 aromatic carbocycles. The van der Waals surface area contributed by atoms with Gasteiger partial charge in [0.1, 0.15) is 6.04 Å². The van der Waals surface area contributed by atoms with E-state index in [9.17, 15) is 14.4 Å². The smallest absolute Gasteiger partial charge is 0.255 e. The molecule has 0 aliphatic carbocycles. The van der Waals surface area contributed by atoms with Gasteiger partial charge in [-0.25, -0.2) is 0 Å². The number of benzene rings is 1. The molecule has 1 fully saturated rings. The number of nitrogens with zero attached hydrogens (tertiary/aromatic N) is 1. The summed E-state index contributed by atoms with van der Waals surface area (Å²) in [7, 11) is 0. The Morgan fingerprint density at radius 2 is 1.77 bits per heavy atom. The van der Waals surface area contributed by atoms with E-state index in [2.05, 4.69) is 11.4 Å². The molecule has 0 bridgehead atoms. The lowest BCUT2D eigenvalue weighted by Crippen LogP contribution is -2.52. The largest absolute Gasteiger partial charge is 0.379 e. The summed E-state index contributed by atoms with van der Waals surface area (Å²) in [4.78, 5) is 38.1. The summed E-state index contributed by atoms with van der Waals surface area (Å²) in [6.45, 7) is 3.48. The normalized spacial score (nSPS) is 18.4. The fourth-order valence-corrected chi connectivity index (χ4v) is 4.16. The van der Waals surface area contributed by atoms with Crippen LogP contribution in [0.5, 0.6) is 0 Å². The van der Waals surface area contributed by atoms with Gasteiger partial charge >= 0.3 is 0 Å². The first kappa shape index (κ1) is 23.4. The number of piperidine rings is 1. The molecule has 1 atom stereocenters. The number of carbonyl (C=O) groups excluding carboxylic acids is 3. The fraction of sp³-hybridized carbons (Fsp3) is 0.609. The number of nitrogens with one attached hydrogen (secondary N) is 1. The summed E-state index contributed by atoms with van der Waals surface area (Å²) in [5.41, 5.74) is 8.24. The Morgan fingerprint density at radius 3 is 2.55 bits per heavy atom. The van der Waals surface area contributed by atoms with E-state index in [1.54, 1.807) is 4.90 Å². The van der Waals surface area contributed by atoms with E-state index in [4.69, 9.17) is 15.2 Å². The molecule has 31 heavy (non-hydrogen) atoms. The molecule has 0 spiro atoms. The molecule has 2 heterocycles. The minimum atomic E-state index is -0.564. The Kier molecular flexibility index (Phi) is 8.99. The van der Waals surface area contributed by atoms with Crippen LogP contribution in [0.2, 0.25) is 0 Å². The number of rotatable bonds is 13. The van der Waals surface area contributed by atoms with Crippen molar-refractivity contribution in [1.82, 2.24) is 10.2 Å². The van der Waals surface area contributed by atoms with Crippen LogP contribution < -0.4 is 11.1 Å². The number of hydrogen-bond acceptors (Lipinski definition) is 6. The first-order valence-electron chi connectivity index (χ1n) is 11.2. The Morgan fingerprint density at radius 1 is 1.00 bits per heavy atom. The van der Waals surface area contributed by atoms with Crippen LogP contribution >= 0.6 is 0 Å². The third-order valence-electron chi connectivity index (χ3n) is 5.80. The van der Waals surface area contributed by atoms with Crippen LogP contribution in [0, 0.1) is 0 Å². The average molecular weight is 432 g/mol. The molecule has 2 aliphatic heterocycles. The number of imide groups is 1. The molecular weight excluding hydrogens is 398 g/mol. The van der Waals surface area contributed by atoms with Crippen LogP contribution in [0.3, 0.4) is 0 Å². The summed E-state index contributed by atoms with van der Waals surface area (Å²) in [6, 6.07) is 5.26. The molecular formula is C23H33N3O5. The highest BCUT2D eigenvalue weighted by Gasteiger charge is 2.39. The average Bonchev–Trinajstić information content (AvgIpc) is 3.09. The maximum atomic E-state index is 12.9. The highest BCUT2D eigenvalue weighted by molar-refractivity contribution is 6.05. The molecule has 3 amide bonds. The van der Waals surface area contributed by atoms with Crippen LogP contribution in [-0.4, -0.2) is 61.6 Å². The van der Waals surface area contributed by atoms with Gasteiger partial charge in [0.05, 0.1) is 19.8 Å². The molecule has 3 N–H and O–H groups in total. The highest BCUT2D eigenvalue weighted by Crippen LogP contribution is 2.30. The van der Waals surface area contributed by atoms with Gasteiger partial charge < -0.3 is 20.1 Å². The van der Waals surface area contributed by atoms with Gasteiger partial charge in [-0.15, -0.1) is 0 Å². The van der Waals surface area contributed by atoms with Crippen LogP contribution in [0.1, 0.15) is 60.0 Å². The molecule has 170 valence electrons. The molecule has 8 heteroatoms. The zero-order valence-corrected chi connectivity index (χ0v) is 18.1. The van der Waals surface area contributed by atoms with E-state index >= 15 is 0 Å². The molecule has 2 aliphatic rings. The van der Waals surface area contributed by atoms with Gasteiger partial charge in [0.2, 0.25) is 11.8 Å². The third kappa shape index (κ3) is 6.35. The third-order valence-corrected chi connectivity index (χ3v) is 5.80. The Balaban J connectivity index is 1.40. The number of ether oxygens (including phenoxy) is 2. The predicted molar refractivity (Wildman–Crippen MR) is 115 cm³/mol. The summed E-state index contributed by atoms with van der Waals surface area (Å²) in [6.07, 6.45) is 5.83. The van der Waals surface area contributed by atoms with Crippen molar-refractivity contribution in [1.29, 1.82) is 0 Å². The summed E-state index contributed by atoms with van der Waals surface area (Å²) >= 11 is 0. The van der Waals surface area contributed by atoms with Crippen LogP contribution in [-0.2, 0) is 32.0 Å². The van der Waals surface area contributed by atoms with Crippen molar-refractivity contribution in [2.75, 3.05) is 33.0 Å². The molecule has 0 aromatic heterocycles. The van der Waals surface area contributed by atoms with Crippen molar-refractivity contribution in [2.45, 2.75) is 57.5 Å². The SMILES string of the molecule is NCCOCCOCCCCCCc1cccc2c1CN(C1CCC(=O)NC1=O)C2=O. The summed E-state index contributed by atoms with van der Waals surface area (Å²) < 4.78 is 10.8. The highest BCUT2D eigenvalue weighted by atomic mass is 16.5. The molecule has 1 unspecified atom stereocenters. The minimum absolute atomic E-state index is 0.112. The van der Waals surface area contributed by atoms with Crippen molar-refractivity contribution >= 4 is 17.7 Å². The summed E-state index contributed by atoms with van der Waals surface area (Å²) in [5, 5.41) is 2.35. The monoisotopic (exact) mass is 431 g/mol. The van der Waals surface area contributed by atoms with Crippen molar-refractivity contribution < 1.29 is 23.9 Å². The molecule has 0 saturated carbocycles. The van der Waals surface area contributed by atoms with E-state index < -0.39 is 6.04 Å². The topological polar surface area (TPSA) is 111 Å². The second-order valence-corrected chi connectivity index (χ2v) is 8.02. The van der Waals surface area contributed by atoms with Gasteiger partial charge in [-0.2, -0.15) is 0 Å².